The Morgan fingerprint density at radius 3 is 2.96 bits per heavy atom. The highest BCUT2D eigenvalue weighted by atomic mass is 32.2. The lowest BCUT2D eigenvalue weighted by molar-refractivity contribution is -0.841. The van der Waals surface area contributed by atoms with Gasteiger partial charge in [0.2, 0.25) is 0 Å². The van der Waals surface area contributed by atoms with E-state index in [9.17, 15) is 5.11 Å². The molecule has 0 bridgehead atoms. The van der Waals surface area contributed by atoms with Crippen LogP contribution in [0.5, 0.6) is 5.75 Å². The molecule has 0 spiro atoms. The molecule has 4 rings (SSSR count). The van der Waals surface area contributed by atoms with E-state index in [2.05, 4.69) is 35.2 Å². The number of benzene rings is 1. The molecule has 1 aliphatic heterocycles. The summed E-state index contributed by atoms with van der Waals surface area (Å²) in [5, 5.41) is 13.3. The monoisotopic (exact) mass is 341 g/mol. The van der Waals surface area contributed by atoms with Crippen LogP contribution in [-0.4, -0.2) is 47.0 Å². The predicted octanol–water partition coefficient (Wildman–Crippen LogP) is 1.91. The molecule has 124 valence electrons. The normalized spacial score (nSPS) is 18.3. The van der Waals surface area contributed by atoms with Gasteiger partial charge in [0.1, 0.15) is 16.5 Å². The molecule has 24 heavy (non-hydrogen) atoms. The molecule has 1 aliphatic rings. The molecule has 0 amide bonds. The van der Waals surface area contributed by atoms with Crippen LogP contribution in [-0.2, 0) is 6.42 Å². The summed E-state index contributed by atoms with van der Waals surface area (Å²) < 4.78 is 0. The van der Waals surface area contributed by atoms with Crippen molar-refractivity contribution in [1.29, 1.82) is 0 Å². The quantitative estimate of drug-likeness (QED) is 0.681. The molecule has 3 heterocycles. The third-order valence-electron chi connectivity index (χ3n) is 4.71. The first-order valence-electron chi connectivity index (χ1n) is 7.98. The molecule has 0 aliphatic carbocycles. The third-order valence-corrected chi connectivity index (χ3v) is 5.66. The maximum atomic E-state index is 9.79. The molecular formula is C18H21N4OS+. The maximum absolute atomic E-state index is 9.79. The number of aromatic amines is 1. The summed E-state index contributed by atoms with van der Waals surface area (Å²) in [7, 11) is 4.35. The number of nitrogens with one attached hydrogen (secondary N) is 2. The summed E-state index contributed by atoms with van der Waals surface area (Å²) >= 11 is 1.80. The van der Waals surface area contributed by atoms with Gasteiger partial charge in [0.25, 0.3) is 0 Å². The van der Waals surface area contributed by atoms with Gasteiger partial charge in [0, 0.05) is 29.5 Å². The second kappa shape index (κ2) is 5.72. The van der Waals surface area contributed by atoms with Gasteiger partial charge in [-0.3, -0.25) is 9.88 Å². The SMILES string of the molecule is CSC1=C(Cc2nccc3c2[nH]c2ccc(O)cc23)[NH+](C)CN1C. The van der Waals surface area contributed by atoms with E-state index in [1.807, 2.05) is 24.4 Å². The molecule has 1 unspecified atom stereocenters. The summed E-state index contributed by atoms with van der Waals surface area (Å²) in [5.41, 5.74) is 4.53. The zero-order chi connectivity index (χ0) is 16.8. The van der Waals surface area contributed by atoms with Gasteiger partial charge in [0.05, 0.1) is 24.7 Å². The van der Waals surface area contributed by atoms with Gasteiger partial charge >= 0.3 is 0 Å². The van der Waals surface area contributed by atoms with Crippen LogP contribution in [0.2, 0.25) is 0 Å². The number of pyridine rings is 1. The van der Waals surface area contributed by atoms with Crippen molar-refractivity contribution < 1.29 is 10.0 Å². The predicted molar refractivity (Wildman–Crippen MR) is 99.0 cm³/mol. The average Bonchev–Trinajstić information content (AvgIpc) is 3.05. The third kappa shape index (κ3) is 2.34. The Balaban J connectivity index is 1.86. The second-order valence-electron chi connectivity index (χ2n) is 6.34. The lowest BCUT2D eigenvalue weighted by Crippen LogP contribution is -3.06. The molecule has 2 aromatic heterocycles. The number of rotatable bonds is 3. The lowest BCUT2D eigenvalue weighted by Gasteiger charge is -2.10. The number of hydrogen-bond donors (Lipinski definition) is 3. The van der Waals surface area contributed by atoms with Gasteiger partial charge in [-0.15, -0.1) is 11.8 Å². The molecule has 0 saturated heterocycles. The number of phenolic OH excluding ortho intramolecular Hbond substituents is 1. The standard InChI is InChI=1S/C18H20N4OS/c1-21-10-22(2)18(24-3)16(21)9-15-17-12(6-7-19-15)13-8-11(23)4-5-14(13)20-17/h4-8,20,23H,9-10H2,1-3H3/p+1. The Labute approximate surface area is 145 Å². The number of quaternary nitrogens is 1. The number of aromatic hydroxyl groups is 1. The van der Waals surface area contributed by atoms with Gasteiger partial charge in [-0.25, -0.2) is 0 Å². The Kier molecular flexibility index (Phi) is 3.66. The van der Waals surface area contributed by atoms with E-state index in [-0.39, 0.29) is 5.75 Å². The summed E-state index contributed by atoms with van der Waals surface area (Å²) in [5.74, 6) is 0.288. The number of allylic oxidation sites excluding steroid dienone is 1. The first kappa shape index (κ1) is 15.4. The number of likely N-dealkylation sites (N-methyl/N-ethyl adjacent to an activating group) is 1. The molecule has 1 atom stereocenters. The van der Waals surface area contributed by atoms with Crippen molar-refractivity contribution in [2.75, 3.05) is 27.0 Å². The van der Waals surface area contributed by atoms with Gasteiger partial charge in [0.15, 0.2) is 6.67 Å². The summed E-state index contributed by atoms with van der Waals surface area (Å²) in [6.07, 6.45) is 4.81. The number of hydrogen-bond acceptors (Lipinski definition) is 4. The van der Waals surface area contributed by atoms with E-state index in [0.29, 0.717) is 0 Å². The van der Waals surface area contributed by atoms with E-state index in [4.69, 9.17) is 0 Å². The number of H-pyrrole nitrogens is 1. The fourth-order valence-corrected chi connectivity index (χ4v) is 4.48. The minimum Gasteiger partial charge on any atom is -0.508 e. The highest BCUT2D eigenvalue weighted by molar-refractivity contribution is 8.02. The Bertz CT molecular complexity index is 962. The fourth-order valence-electron chi connectivity index (χ4n) is 3.61. The topological polar surface area (TPSA) is 56.6 Å². The van der Waals surface area contributed by atoms with Crippen LogP contribution in [0.1, 0.15) is 5.69 Å². The minimum absolute atomic E-state index is 0.288. The number of nitrogens with zero attached hydrogens (tertiary/aromatic N) is 2. The van der Waals surface area contributed by atoms with Crippen molar-refractivity contribution in [2.45, 2.75) is 6.42 Å². The second-order valence-corrected chi connectivity index (χ2v) is 7.13. The average molecular weight is 341 g/mol. The van der Waals surface area contributed by atoms with Crippen LogP contribution in [0.25, 0.3) is 21.8 Å². The van der Waals surface area contributed by atoms with E-state index < -0.39 is 0 Å². The number of aromatic nitrogens is 2. The van der Waals surface area contributed by atoms with Gasteiger partial charge in [-0.1, -0.05) is 0 Å². The molecular weight excluding hydrogens is 320 g/mol. The van der Waals surface area contributed by atoms with Crippen molar-refractivity contribution in [3.05, 3.63) is 46.9 Å². The minimum atomic E-state index is 0.288. The molecule has 0 radical (unpaired) electrons. The Morgan fingerprint density at radius 1 is 1.33 bits per heavy atom. The van der Waals surface area contributed by atoms with Gasteiger partial charge in [-0.2, -0.15) is 0 Å². The van der Waals surface area contributed by atoms with E-state index in [0.717, 1.165) is 40.6 Å². The van der Waals surface area contributed by atoms with Crippen LogP contribution in [0.3, 0.4) is 0 Å². The van der Waals surface area contributed by atoms with Crippen molar-refractivity contribution >= 4 is 33.6 Å². The summed E-state index contributed by atoms with van der Waals surface area (Å²) in [6, 6.07) is 7.45. The van der Waals surface area contributed by atoms with Crippen LogP contribution in [0.15, 0.2) is 41.2 Å². The first-order chi connectivity index (χ1) is 11.6. The first-order valence-corrected chi connectivity index (χ1v) is 9.20. The number of fused-ring (bicyclic) bond motifs is 3. The molecule has 6 heteroatoms. The highest BCUT2D eigenvalue weighted by Gasteiger charge is 2.29. The molecule has 5 nitrogen and oxygen atoms in total. The fraction of sp³-hybridized carbons (Fsp3) is 0.278. The lowest BCUT2D eigenvalue weighted by atomic mass is 10.1. The van der Waals surface area contributed by atoms with Crippen molar-refractivity contribution in [3.8, 4) is 5.75 Å². The van der Waals surface area contributed by atoms with Crippen LogP contribution >= 0.6 is 11.8 Å². The zero-order valence-corrected chi connectivity index (χ0v) is 14.9. The largest absolute Gasteiger partial charge is 0.508 e. The Morgan fingerprint density at radius 2 is 2.17 bits per heavy atom. The van der Waals surface area contributed by atoms with Crippen molar-refractivity contribution in [2.24, 2.45) is 0 Å². The molecule has 3 aromatic rings. The Hall–Kier alpha value is -2.18. The molecule has 0 fully saturated rings. The van der Waals surface area contributed by atoms with Crippen LogP contribution < -0.4 is 4.90 Å². The van der Waals surface area contributed by atoms with E-state index in [1.165, 1.54) is 15.6 Å². The van der Waals surface area contributed by atoms with E-state index in [1.54, 1.807) is 17.8 Å². The van der Waals surface area contributed by atoms with Crippen LogP contribution in [0, 0.1) is 0 Å². The molecule has 1 aromatic carbocycles. The summed E-state index contributed by atoms with van der Waals surface area (Å²) in [4.78, 5) is 11.8. The number of thioether (sulfide) groups is 1. The zero-order valence-electron chi connectivity index (χ0n) is 14.1. The molecule has 3 N–H and O–H groups in total. The van der Waals surface area contributed by atoms with Crippen molar-refractivity contribution in [1.82, 2.24) is 14.9 Å². The highest BCUT2D eigenvalue weighted by Crippen LogP contribution is 2.30. The van der Waals surface area contributed by atoms with Crippen LogP contribution in [0.4, 0.5) is 0 Å². The smallest absolute Gasteiger partial charge is 0.157 e. The van der Waals surface area contributed by atoms with Crippen molar-refractivity contribution in [3.63, 3.8) is 0 Å². The van der Waals surface area contributed by atoms with Gasteiger partial charge in [-0.05, 0) is 30.5 Å². The maximum Gasteiger partial charge on any atom is 0.157 e. The summed E-state index contributed by atoms with van der Waals surface area (Å²) in [6.45, 7) is 0.988. The van der Waals surface area contributed by atoms with Gasteiger partial charge < -0.3 is 15.0 Å². The number of phenols is 1. The molecule has 0 saturated carbocycles. The van der Waals surface area contributed by atoms with E-state index >= 15 is 0 Å².